The summed E-state index contributed by atoms with van der Waals surface area (Å²) >= 11 is 0. The molecule has 1 N–H and O–H groups in total. The second kappa shape index (κ2) is 6.13. The molecule has 1 aliphatic heterocycles. The molecule has 2 heterocycles. The highest BCUT2D eigenvalue weighted by Gasteiger charge is 2.28. The van der Waals surface area contributed by atoms with Crippen LogP contribution < -0.4 is 10.2 Å². The molecule has 1 amide bonds. The number of piperidine rings is 1. The Hall–Kier alpha value is -2.09. The summed E-state index contributed by atoms with van der Waals surface area (Å²) in [7, 11) is 0. The minimum absolute atomic E-state index is 0.00424. The molecule has 1 unspecified atom stereocenters. The Balaban J connectivity index is 2.03. The van der Waals surface area contributed by atoms with Crippen molar-refractivity contribution in [2.45, 2.75) is 39.2 Å². The van der Waals surface area contributed by atoms with Crippen molar-refractivity contribution >= 4 is 11.7 Å². The summed E-state index contributed by atoms with van der Waals surface area (Å²) in [5, 5.41) is 11.9. The van der Waals surface area contributed by atoms with Crippen LogP contribution in [0.3, 0.4) is 0 Å². The number of hydrogen-bond acceptors (Lipinski definition) is 4. The lowest BCUT2D eigenvalue weighted by molar-refractivity contribution is -0.126. The lowest BCUT2D eigenvalue weighted by Gasteiger charge is -2.34. The molecule has 5 nitrogen and oxygen atoms in total. The van der Waals surface area contributed by atoms with Crippen molar-refractivity contribution in [2.75, 3.05) is 18.0 Å². The number of carbonyl (C=O) groups excluding carboxylic acids is 1. The second-order valence-corrected chi connectivity index (χ2v) is 6.54. The Bertz CT molecular complexity index is 539. The molecular formula is C16H22N4O. The molecule has 112 valence electrons. The molecule has 1 aromatic rings. The Labute approximate surface area is 126 Å². The number of anilines is 1. The van der Waals surface area contributed by atoms with Crippen LogP contribution in [0.4, 0.5) is 5.82 Å². The van der Waals surface area contributed by atoms with E-state index in [0.717, 1.165) is 25.2 Å². The maximum atomic E-state index is 12.3. The van der Waals surface area contributed by atoms with E-state index >= 15 is 0 Å². The monoisotopic (exact) mass is 286 g/mol. The maximum Gasteiger partial charge on any atom is 0.225 e. The van der Waals surface area contributed by atoms with Gasteiger partial charge in [-0.3, -0.25) is 4.79 Å². The fourth-order valence-corrected chi connectivity index (χ4v) is 2.51. The van der Waals surface area contributed by atoms with Gasteiger partial charge in [0.05, 0.1) is 11.5 Å². The molecule has 1 saturated heterocycles. The third-order valence-electron chi connectivity index (χ3n) is 3.49. The lowest BCUT2D eigenvalue weighted by Crippen LogP contribution is -2.48. The van der Waals surface area contributed by atoms with Crippen LogP contribution in [-0.2, 0) is 4.79 Å². The van der Waals surface area contributed by atoms with Crippen molar-refractivity contribution in [1.29, 1.82) is 5.26 Å². The molecular weight excluding hydrogens is 264 g/mol. The van der Waals surface area contributed by atoms with E-state index in [9.17, 15) is 4.79 Å². The summed E-state index contributed by atoms with van der Waals surface area (Å²) in [6.45, 7) is 7.56. The minimum Gasteiger partial charge on any atom is -0.356 e. The zero-order valence-corrected chi connectivity index (χ0v) is 12.9. The first-order valence-corrected chi connectivity index (χ1v) is 7.32. The molecule has 5 heteroatoms. The van der Waals surface area contributed by atoms with Gasteiger partial charge >= 0.3 is 0 Å². The topological polar surface area (TPSA) is 69.0 Å². The van der Waals surface area contributed by atoms with E-state index in [-0.39, 0.29) is 17.4 Å². The predicted molar refractivity (Wildman–Crippen MR) is 81.8 cm³/mol. The zero-order valence-electron chi connectivity index (χ0n) is 12.9. The highest BCUT2D eigenvalue weighted by molar-refractivity contribution is 5.80. The van der Waals surface area contributed by atoms with Crippen molar-refractivity contribution in [3.05, 3.63) is 23.9 Å². The average molecular weight is 286 g/mol. The van der Waals surface area contributed by atoms with Gasteiger partial charge < -0.3 is 10.2 Å². The first-order chi connectivity index (χ1) is 9.89. The number of nitrogens with zero attached hydrogens (tertiary/aromatic N) is 3. The van der Waals surface area contributed by atoms with Gasteiger partial charge in [-0.05, 0) is 45.7 Å². The molecule has 0 bridgehead atoms. The molecule has 1 fully saturated rings. The third-order valence-corrected chi connectivity index (χ3v) is 3.49. The minimum atomic E-state index is -0.202. The third kappa shape index (κ3) is 4.19. The molecule has 0 radical (unpaired) electrons. The molecule has 0 spiro atoms. The van der Waals surface area contributed by atoms with Crippen molar-refractivity contribution < 1.29 is 4.79 Å². The number of nitrogens with one attached hydrogen (secondary N) is 1. The van der Waals surface area contributed by atoms with Crippen LogP contribution in [0.25, 0.3) is 0 Å². The zero-order chi connectivity index (χ0) is 15.5. The summed E-state index contributed by atoms with van der Waals surface area (Å²) in [6, 6.07) is 5.68. The summed E-state index contributed by atoms with van der Waals surface area (Å²) < 4.78 is 0. The average Bonchev–Trinajstić information content (AvgIpc) is 2.46. The van der Waals surface area contributed by atoms with Gasteiger partial charge in [0.15, 0.2) is 0 Å². The Morgan fingerprint density at radius 3 is 2.81 bits per heavy atom. The van der Waals surface area contributed by atoms with Crippen LogP contribution in [0.5, 0.6) is 0 Å². The van der Waals surface area contributed by atoms with Crippen LogP contribution >= 0.6 is 0 Å². The number of hydrogen-bond donors (Lipinski definition) is 1. The van der Waals surface area contributed by atoms with E-state index in [2.05, 4.69) is 21.3 Å². The van der Waals surface area contributed by atoms with Crippen molar-refractivity contribution in [2.24, 2.45) is 5.92 Å². The number of rotatable bonds is 2. The molecule has 1 aromatic heterocycles. The van der Waals surface area contributed by atoms with Crippen LogP contribution in [0.15, 0.2) is 18.3 Å². The van der Waals surface area contributed by atoms with E-state index in [1.165, 1.54) is 0 Å². The number of amides is 1. The number of carbonyl (C=O) groups is 1. The highest BCUT2D eigenvalue weighted by atomic mass is 16.2. The molecule has 0 saturated carbocycles. The maximum absolute atomic E-state index is 12.3. The van der Waals surface area contributed by atoms with Gasteiger partial charge in [0.25, 0.3) is 0 Å². The van der Waals surface area contributed by atoms with E-state index < -0.39 is 0 Å². The largest absolute Gasteiger partial charge is 0.356 e. The molecule has 21 heavy (non-hydrogen) atoms. The van der Waals surface area contributed by atoms with Crippen molar-refractivity contribution in [3.8, 4) is 6.07 Å². The summed E-state index contributed by atoms with van der Waals surface area (Å²) in [6.07, 6.45) is 3.47. The number of pyridine rings is 1. The van der Waals surface area contributed by atoms with Gasteiger partial charge in [-0.15, -0.1) is 0 Å². The summed E-state index contributed by atoms with van der Waals surface area (Å²) in [5.41, 5.74) is 0.351. The van der Waals surface area contributed by atoms with E-state index in [0.29, 0.717) is 12.1 Å². The molecule has 2 rings (SSSR count). The van der Waals surface area contributed by atoms with Gasteiger partial charge in [-0.25, -0.2) is 4.98 Å². The smallest absolute Gasteiger partial charge is 0.225 e. The van der Waals surface area contributed by atoms with Crippen LogP contribution in [0.1, 0.15) is 39.2 Å². The molecule has 0 aromatic carbocycles. The normalized spacial score (nSPS) is 19.0. The van der Waals surface area contributed by atoms with Gasteiger partial charge in [0, 0.05) is 24.8 Å². The highest BCUT2D eigenvalue weighted by Crippen LogP contribution is 2.22. The lowest BCUT2D eigenvalue weighted by atomic mass is 9.95. The second-order valence-electron chi connectivity index (χ2n) is 6.54. The van der Waals surface area contributed by atoms with Crippen LogP contribution in [-0.4, -0.2) is 29.5 Å². The van der Waals surface area contributed by atoms with E-state index in [1.54, 1.807) is 12.3 Å². The standard InChI is InChI=1S/C16H22N4O/c1-16(2,3)19-15(21)13-5-4-8-20(11-13)14-7-6-12(9-17)10-18-14/h6-7,10,13H,4-5,8,11H2,1-3H3,(H,19,21). The van der Waals surface area contributed by atoms with E-state index in [1.807, 2.05) is 26.8 Å². The Kier molecular flexibility index (Phi) is 4.46. The van der Waals surface area contributed by atoms with Gasteiger partial charge in [0.1, 0.15) is 11.9 Å². The first kappa shape index (κ1) is 15.3. The van der Waals surface area contributed by atoms with Crippen molar-refractivity contribution in [1.82, 2.24) is 10.3 Å². The van der Waals surface area contributed by atoms with E-state index in [4.69, 9.17) is 5.26 Å². The fraction of sp³-hybridized carbons (Fsp3) is 0.562. The summed E-state index contributed by atoms with van der Waals surface area (Å²) in [4.78, 5) is 18.7. The quantitative estimate of drug-likeness (QED) is 0.903. The first-order valence-electron chi connectivity index (χ1n) is 7.32. The molecule has 0 aliphatic carbocycles. The summed E-state index contributed by atoms with van der Waals surface area (Å²) in [5.74, 6) is 0.943. The fourth-order valence-electron chi connectivity index (χ4n) is 2.51. The Morgan fingerprint density at radius 2 is 2.24 bits per heavy atom. The van der Waals surface area contributed by atoms with Crippen molar-refractivity contribution in [3.63, 3.8) is 0 Å². The SMILES string of the molecule is CC(C)(C)NC(=O)C1CCCN(c2ccc(C#N)cn2)C1. The Morgan fingerprint density at radius 1 is 1.48 bits per heavy atom. The van der Waals surface area contributed by atoms with Gasteiger partial charge in [-0.2, -0.15) is 5.26 Å². The van der Waals surface area contributed by atoms with Crippen LogP contribution in [0, 0.1) is 17.2 Å². The van der Waals surface area contributed by atoms with Gasteiger partial charge in [-0.1, -0.05) is 0 Å². The number of nitriles is 1. The number of aromatic nitrogens is 1. The molecule has 1 aliphatic rings. The van der Waals surface area contributed by atoms with Gasteiger partial charge in [0.2, 0.25) is 5.91 Å². The molecule has 1 atom stereocenters. The predicted octanol–water partition coefficient (Wildman–Crippen LogP) is 2.08. The van der Waals surface area contributed by atoms with Crippen LogP contribution in [0.2, 0.25) is 0 Å².